The SMILES string of the molecule is CCC(C)NC(=O)CC1=CSC2=NC(C)=C(C(=O)OCCOC)C(c3cc(OC)cc(OC)c3)N12. The van der Waals surface area contributed by atoms with E-state index in [1.165, 1.54) is 11.8 Å². The number of carbonyl (C=O) groups is 2. The average molecular weight is 504 g/mol. The molecule has 0 aliphatic carbocycles. The van der Waals surface area contributed by atoms with Gasteiger partial charge < -0.3 is 29.2 Å². The van der Waals surface area contributed by atoms with E-state index in [2.05, 4.69) is 10.3 Å². The first-order valence-electron chi connectivity index (χ1n) is 11.5. The molecule has 0 fully saturated rings. The number of hydrogen-bond donors (Lipinski definition) is 1. The van der Waals surface area contributed by atoms with Crippen molar-refractivity contribution in [1.29, 1.82) is 0 Å². The Hall–Kier alpha value is -2.98. The van der Waals surface area contributed by atoms with Crippen LogP contribution in [0.2, 0.25) is 0 Å². The van der Waals surface area contributed by atoms with Gasteiger partial charge in [0.25, 0.3) is 0 Å². The maximum absolute atomic E-state index is 13.3. The van der Waals surface area contributed by atoms with E-state index in [0.717, 1.165) is 17.7 Å². The third-order valence-electron chi connectivity index (χ3n) is 5.79. The molecule has 0 radical (unpaired) electrons. The first-order chi connectivity index (χ1) is 16.8. The van der Waals surface area contributed by atoms with E-state index in [1.807, 2.05) is 36.3 Å². The number of methoxy groups -OCH3 is 3. The van der Waals surface area contributed by atoms with Crippen LogP contribution in [0.1, 0.15) is 45.2 Å². The lowest BCUT2D eigenvalue weighted by atomic mass is 9.93. The third kappa shape index (κ3) is 6.18. The minimum absolute atomic E-state index is 0.0681. The van der Waals surface area contributed by atoms with Crippen LogP contribution >= 0.6 is 11.8 Å². The smallest absolute Gasteiger partial charge is 0.338 e. The molecule has 190 valence electrons. The Kier molecular flexibility index (Phi) is 9.22. The monoisotopic (exact) mass is 503 g/mol. The third-order valence-corrected chi connectivity index (χ3v) is 6.68. The Morgan fingerprint density at radius 1 is 1.14 bits per heavy atom. The summed E-state index contributed by atoms with van der Waals surface area (Å²) in [5.41, 5.74) is 2.44. The van der Waals surface area contributed by atoms with E-state index in [4.69, 9.17) is 18.9 Å². The molecule has 1 N–H and O–H groups in total. The van der Waals surface area contributed by atoms with Gasteiger partial charge in [-0.3, -0.25) is 4.79 Å². The number of carbonyl (C=O) groups excluding carboxylic acids is 2. The number of ether oxygens (including phenoxy) is 4. The molecule has 3 rings (SSSR count). The summed E-state index contributed by atoms with van der Waals surface area (Å²) in [4.78, 5) is 32.6. The van der Waals surface area contributed by atoms with Crippen LogP contribution < -0.4 is 14.8 Å². The molecule has 2 atom stereocenters. The Morgan fingerprint density at radius 2 is 1.83 bits per heavy atom. The molecule has 35 heavy (non-hydrogen) atoms. The van der Waals surface area contributed by atoms with E-state index >= 15 is 0 Å². The van der Waals surface area contributed by atoms with Gasteiger partial charge in [0.15, 0.2) is 5.17 Å². The van der Waals surface area contributed by atoms with Gasteiger partial charge in [0.2, 0.25) is 5.91 Å². The molecule has 9 nitrogen and oxygen atoms in total. The summed E-state index contributed by atoms with van der Waals surface area (Å²) in [5, 5.41) is 5.60. The number of allylic oxidation sites excluding steroid dienone is 1. The zero-order chi connectivity index (χ0) is 25.5. The first-order valence-corrected chi connectivity index (χ1v) is 12.3. The topological polar surface area (TPSA) is 98.7 Å². The van der Waals surface area contributed by atoms with Crippen LogP contribution in [-0.4, -0.2) is 62.5 Å². The molecule has 0 saturated heterocycles. The standard InChI is InChI=1S/C25H33N3O6S/c1-7-15(2)26-21(29)12-18-14-35-25-27-16(3)22(24(30)34-9-8-31-4)23(28(18)25)17-10-19(32-5)13-20(11-17)33-6/h10-11,13-15,23H,7-9,12H2,1-6H3,(H,26,29). The number of esters is 1. The molecule has 0 aromatic heterocycles. The number of fused-ring (bicyclic) bond motifs is 1. The largest absolute Gasteiger partial charge is 0.497 e. The molecule has 0 bridgehead atoms. The second kappa shape index (κ2) is 12.1. The summed E-state index contributed by atoms with van der Waals surface area (Å²) in [6, 6.07) is 4.96. The van der Waals surface area contributed by atoms with Crippen LogP contribution in [0.15, 0.2) is 45.6 Å². The summed E-state index contributed by atoms with van der Waals surface area (Å²) in [6.45, 7) is 6.17. The molecule has 1 aromatic carbocycles. The van der Waals surface area contributed by atoms with Gasteiger partial charge in [0.05, 0.1) is 44.6 Å². The average Bonchev–Trinajstić information content (AvgIpc) is 3.24. The van der Waals surface area contributed by atoms with Gasteiger partial charge in [-0.05, 0) is 43.4 Å². The van der Waals surface area contributed by atoms with E-state index in [0.29, 0.717) is 27.9 Å². The molecule has 0 saturated carbocycles. The number of aliphatic imine (C=N–C) groups is 1. The van der Waals surface area contributed by atoms with Crippen molar-refractivity contribution < 1.29 is 28.5 Å². The number of rotatable bonds is 11. The van der Waals surface area contributed by atoms with Crippen molar-refractivity contribution in [1.82, 2.24) is 10.2 Å². The number of amides is 1. The summed E-state index contributed by atoms with van der Waals surface area (Å²) < 4.78 is 21.5. The van der Waals surface area contributed by atoms with Crippen LogP contribution in [0.5, 0.6) is 11.5 Å². The van der Waals surface area contributed by atoms with Crippen molar-refractivity contribution in [3.05, 3.63) is 46.1 Å². The molecule has 10 heteroatoms. The van der Waals surface area contributed by atoms with Gasteiger partial charge in [-0.25, -0.2) is 9.79 Å². The zero-order valence-electron chi connectivity index (χ0n) is 21.0. The van der Waals surface area contributed by atoms with Gasteiger partial charge in [0, 0.05) is 24.9 Å². The summed E-state index contributed by atoms with van der Waals surface area (Å²) in [5.74, 6) is 0.583. The van der Waals surface area contributed by atoms with Gasteiger partial charge in [-0.15, -0.1) is 0 Å². The van der Waals surface area contributed by atoms with Crippen molar-refractivity contribution in [3.63, 3.8) is 0 Å². The van der Waals surface area contributed by atoms with E-state index in [-0.39, 0.29) is 31.6 Å². The van der Waals surface area contributed by atoms with Gasteiger partial charge in [-0.1, -0.05) is 18.7 Å². The Balaban J connectivity index is 2.05. The van der Waals surface area contributed by atoms with E-state index in [1.54, 1.807) is 34.3 Å². The Labute approximate surface area is 210 Å². The predicted octanol–water partition coefficient (Wildman–Crippen LogP) is 3.77. The quantitative estimate of drug-likeness (QED) is 0.360. The van der Waals surface area contributed by atoms with Crippen LogP contribution in [0.4, 0.5) is 0 Å². The fraction of sp³-hybridized carbons (Fsp3) is 0.480. The van der Waals surface area contributed by atoms with Gasteiger partial charge in [-0.2, -0.15) is 0 Å². The zero-order valence-corrected chi connectivity index (χ0v) is 21.9. The molecule has 2 aliphatic rings. The maximum atomic E-state index is 13.3. The molecular formula is C25H33N3O6S. The maximum Gasteiger partial charge on any atom is 0.338 e. The molecule has 1 amide bonds. The van der Waals surface area contributed by atoms with Crippen molar-refractivity contribution in [2.45, 2.75) is 45.7 Å². The van der Waals surface area contributed by atoms with E-state index < -0.39 is 12.0 Å². The Bertz CT molecular complexity index is 1030. The number of nitrogens with zero attached hydrogens (tertiary/aromatic N) is 2. The summed E-state index contributed by atoms with van der Waals surface area (Å²) >= 11 is 1.42. The number of amidine groups is 1. The second-order valence-corrected chi connectivity index (χ2v) is 9.06. The van der Waals surface area contributed by atoms with Crippen LogP contribution in [0.3, 0.4) is 0 Å². The van der Waals surface area contributed by atoms with Crippen molar-refractivity contribution >= 4 is 28.8 Å². The minimum Gasteiger partial charge on any atom is -0.497 e. The van der Waals surface area contributed by atoms with E-state index in [9.17, 15) is 9.59 Å². The molecule has 2 aliphatic heterocycles. The lowest BCUT2D eigenvalue weighted by Gasteiger charge is -2.36. The minimum atomic E-state index is -0.584. The normalized spacial score (nSPS) is 17.9. The highest BCUT2D eigenvalue weighted by Gasteiger charge is 2.41. The van der Waals surface area contributed by atoms with Crippen LogP contribution in [0, 0.1) is 0 Å². The fourth-order valence-electron chi connectivity index (χ4n) is 3.82. The highest BCUT2D eigenvalue weighted by atomic mass is 32.2. The highest BCUT2D eigenvalue weighted by molar-refractivity contribution is 8.16. The predicted molar refractivity (Wildman–Crippen MR) is 135 cm³/mol. The number of thioether (sulfide) groups is 1. The van der Waals surface area contributed by atoms with Gasteiger partial charge >= 0.3 is 5.97 Å². The molecule has 0 spiro atoms. The van der Waals surface area contributed by atoms with Gasteiger partial charge in [0.1, 0.15) is 18.1 Å². The number of nitrogens with one attached hydrogen (secondary N) is 1. The molecular weight excluding hydrogens is 470 g/mol. The van der Waals surface area contributed by atoms with Crippen molar-refractivity contribution in [2.24, 2.45) is 4.99 Å². The lowest BCUT2D eigenvalue weighted by Crippen LogP contribution is -2.39. The Morgan fingerprint density at radius 3 is 2.43 bits per heavy atom. The molecule has 1 aromatic rings. The molecule has 2 unspecified atom stereocenters. The number of hydrogen-bond acceptors (Lipinski definition) is 9. The fourth-order valence-corrected chi connectivity index (χ4v) is 4.79. The van der Waals surface area contributed by atoms with Crippen molar-refractivity contribution in [2.75, 3.05) is 34.5 Å². The molecule has 2 heterocycles. The van der Waals surface area contributed by atoms with Crippen LogP contribution in [0.25, 0.3) is 0 Å². The second-order valence-electron chi connectivity index (χ2n) is 8.22. The van der Waals surface area contributed by atoms with Crippen molar-refractivity contribution in [3.8, 4) is 11.5 Å². The summed E-state index contributed by atoms with van der Waals surface area (Å²) in [7, 11) is 4.69. The van der Waals surface area contributed by atoms with Crippen LogP contribution in [-0.2, 0) is 19.1 Å². The first kappa shape index (κ1) is 26.6. The summed E-state index contributed by atoms with van der Waals surface area (Å²) in [6.07, 6.45) is 0.987. The number of benzene rings is 1. The lowest BCUT2D eigenvalue weighted by molar-refractivity contribution is -0.141. The highest BCUT2D eigenvalue weighted by Crippen LogP contribution is 2.46.